The molecule has 2 saturated heterocycles. The summed E-state index contributed by atoms with van der Waals surface area (Å²) in [7, 11) is 0. The van der Waals surface area contributed by atoms with Crippen molar-refractivity contribution < 1.29 is 9.90 Å². The van der Waals surface area contributed by atoms with Crippen molar-refractivity contribution in [1.82, 2.24) is 15.2 Å². The summed E-state index contributed by atoms with van der Waals surface area (Å²) in [5.41, 5.74) is 2.79. The fraction of sp³-hybridized carbons (Fsp3) is 0.520. The molecule has 3 N–H and O–H groups in total. The van der Waals surface area contributed by atoms with E-state index in [2.05, 4.69) is 30.2 Å². The zero-order valence-electron chi connectivity index (χ0n) is 18.0. The molecular formula is C25H29N3O3. The summed E-state index contributed by atoms with van der Waals surface area (Å²) in [6, 6.07) is 11.2. The first kappa shape index (κ1) is 19.1. The maximum absolute atomic E-state index is 13.4. The first-order chi connectivity index (χ1) is 14.8. The largest absolute Gasteiger partial charge is 0.508 e. The molecule has 2 aromatic rings. The topological polar surface area (TPSA) is 85.4 Å². The second kappa shape index (κ2) is 6.22. The number of hydrogen-bond acceptors (Lipinski definition) is 4. The van der Waals surface area contributed by atoms with E-state index in [9.17, 15) is 14.7 Å². The van der Waals surface area contributed by atoms with Gasteiger partial charge in [-0.05, 0) is 79.3 Å². The number of phenolic OH excluding ortho intramolecular Hbond substituents is 1. The van der Waals surface area contributed by atoms with Gasteiger partial charge in [-0.15, -0.1) is 0 Å². The number of likely N-dealkylation sites (tertiary alicyclic amines) is 1. The standard InChI is InChI=1S/C25H29N3O3/c1-14-22-16(13-28(14)23(31)19-4-3-5-21(30)27-19)12-24(2)20-10-15-6-7-17(29)11-18(15)25(22,24)8-9-26-20/h3-7,11,14,16,20,22,26,29H,8-10,12-13H2,1-2H3,(H,27,30)/t14?,16-,20?,22?,24?,25?/m1/s1. The molecule has 5 unspecified atom stereocenters. The number of hydrogen-bond donors (Lipinski definition) is 3. The quantitative estimate of drug-likeness (QED) is 0.663. The van der Waals surface area contributed by atoms with Gasteiger partial charge in [-0.1, -0.05) is 19.1 Å². The van der Waals surface area contributed by atoms with E-state index in [4.69, 9.17) is 0 Å². The van der Waals surface area contributed by atoms with Crippen LogP contribution in [0.15, 0.2) is 41.2 Å². The molecule has 1 aromatic heterocycles. The van der Waals surface area contributed by atoms with E-state index >= 15 is 0 Å². The second-order valence-electron chi connectivity index (χ2n) is 10.3. The SMILES string of the molecule is CC1C2[C@@H](CN1C(=O)c1cccc(=O)[nH]1)CC1(C)C3Cc4ccc(O)cc4C21CCN3. The van der Waals surface area contributed by atoms with Crippen molar-refractivity contribution in [2.45, 2.75) is 50.6 Å². The Morgan fingerprint density at radius 2 is 2.10 bits per heavy atom. The van der Waals surface area contributed by atoms with Gasteiger partial charge in [0.25, 0.3) is 5.91 Å². The normalized spacial score (nSPS) is 37.8. The van der Waals surface area contributed by atoms with Crippen LogP contribution < -0.4 is 10.9 Å². The molecular weight excluding hydrogens is 390 g/mol. The molecule has 3 heterocycles. The molecule has 0 spiro atoms. The fourth-order valence-corrected chi connectivity index (χ4v) is 8.10. The molecule has 6 atom stereocenters. The molecule has 4 aliphatic rings. The monoisotopic (exact) mass is 419 g/mol. The number of H-pyrrole nitrogens is 1. The summed E-state index contributed by atoms with van der Waals surface area (Å²) in [5, 5.41) is 14.2. The molecule has 31 heavy (non-hydrogen) atoms. The van der Waals surface area contributed by atoms with Crippen LogP contribution in [0.1, 0.15) is 48.3 Å². The van der Waals surface area contributed by atoms with E-state index in [1.165, 1.54) is 17.2 Å². The second-order valence-corrected chi connectivity index (χ2v) is 10.3. The molecule has 1 aromatic carbocycles. The smallest absolute Gasteiger partial charge is 0.270 e. The number of carbonyl (C=O) groups excluding carboxylic acids is 1. The van der Waals surface area contributed by atoms with Crippen molar-refractivity contribution in [3.05, 3.63) is 63.6 Å². The van der Waals surface area contributed by atoms with Gasteiger partial charge < -0.3 is 20.3 Å². The highest BCUT2D eigenvalue weighted by molar-refractivity contribution is 5.92. The van der Waals surface area contributed by atoms with E-state index in [0.29, 0.717) is 29.3 Å². The van der Waals surface area contributed by atoms with Crippen LogP contribution in [-0.2, 0) is 11.8 Å². The third kappa shape index (κ3) is 2.31. The predicted molar refractivity (Wildman–Crippen MR) is 117 cm³/mol. The van der Waals surface area contributed by atoms with Crippen molar-refractivity contribution in [3.63, 3.8) is 0 Å². The molecule has 6 nitrogen and oxygen atoms in total. The Morgan fingerprint density at radius 1 is 1.26 bits per heavy atom. The highest BCUT2D eigenvalue weighted by Crippen LogP contribution is 2.69. The molecule has 1 amide bonds. The number of pyridine rings is 1. The molecule has 0 radical (unpaired) electrons. The maximum atomic E-state index is 13.4. The van der Waals surface area contributed by atoms with E-state index in [-0.39, 0.29) is 28.3 Å². The summed E-state index contributed by atoms with van der Waals surface area (Å²) in [6.45, 7) is 6.30. The fourth-order valence-electron chi connectivity index (χ4n) is 8.10. The molecule has 2 aliphatic heterocycles. The van der Waals surface area contributed by atoms with Gasteiger partial charge in [-0.25, -0.2) is 0 Å². The van der Waals surface area contributed by atoms with Crippen LogP contribution >= 0.6 is 0 Å². The summed E-state index contributed by atoms with van der Waals surface area (Å²) in [6.07, 6.45) is 3.09. The average molecular weight is 420 g/mol. The van der Waals surface area contributed by atoms with Crippen LogP contribution in [0.4, 0.5) is 0 Å². The number of amides is 1. The Hall–Kier alpha value is -2.60. The van der Waals surface area contributed by atoms with E-state index in [1.807, 2.05) is 11.0 Å². The first-order valence-electron chi connectivity index (χ1n) is 11.4. The van der Waals surface area contributed by atoms with Gasteiger partial charge >= 0.3 is 0 Å². The Balaban J connectivity index is 1.46. The van der Waals surface area contributed by atoms with Crippen LogP contribution in [0.3, 0.4) is 0 Å². The lowest BCUT2D eigenvalue weighted by molar-refractivity contribution is 0.0125. The predicted octanol–water partition coefficient (Wildman–Crippen LogP) is 2.42. The van der Waals surface area contributed by atoms with Gasteiger partial charge in [0.2, 0.25) is 5.56 Å². The Morgan fingerprint density at radius 3 is 2.90 bits per heavy atom. The third-order valence-corrected chi connectivity index (χ3v) is 9.16. The minimum Gasteiger partial charge on any atom is -0.508 e. The van der Waals surface area contributed by atoms with Gasteiger partial charge in [0.1, 0.15) is 11.4 Å². The highest BCUT2D eigenvalue weighted by atomic mass is 16.3. The number of phenols is 1. The number of carbonyl (C=O) groups is 1. The zero-order valence-corrected chi connectivity index (χ0v) is 18.0. The molecule has 6 heteroatoms. The first-order valence-corrected chi connectivity index (χ1v) is 11.4. The lowest BCUT2D eigenvalue weighted by Crippen LogP contribution is -2.65. The van der Waals surface area contributed by atoms with Gasteiger partial charge in [0.05, 0.1) is 0 Å². The van der Waals surface area contributed by atoms with E-state index in [0.717, 1.165) is 32.4 Å². The van der Waals surface area contributed by atoms with Crippen LogP contribution in [-0.4, -0.2) is 46.1 Å². The number of aromatic nitrogens is 1. The summed E-state index contributed by atoms with van der Waals surface area (Å²) in [4.78, 5) is 29.8. The number of aromatic hydroxyl groups is 1. The van der Waals surface area contributed by atoms with Crippen LogP contribution in [0.5, 0.6) is 5.75 Å². The number of benzene rings is 1. The molecule has 6 rings (SSSR count). The number of rotatable bonds is 1. The Labute approximate surface area is 181 Å². The molecule has 162 valence electrons. The van der Waals surface area contributed by atoms with Crippen LogP contribution in [0, 0.1) is 17.3 Å². The molecule has 1 saturated carbocycles. The number of fused-ring (bicyclic) bond motifs is 2. The van der Waals surface area contributed by atoms with Crippen molar-refractivity contribution in [2.24, 2.45) is 17.3 Å². The number of nitrogens with one attached hydrogen (secondary N) is 2. The Bertz CT molecular complexity index is 1140. The number of nitrogens with zero attached hydrogens (tertiary/aromatic N) is 1. The van der Waals surface area contributed by atoms with Crippen LogP contribution in [0.2, 0.25) is 0 Å². The van der Waals surface area contributed by atoms with Gasteiger partial charge in [0, 0.05) is 30.1 Å². The van der Waals surface area contributed by atoms with Crippen LogP contribution in [0.25, 0.3) is 0 Å². The Kier molecular flexibility index (Phi) is 3.84. The lowest BCUT2D eigenvalue weighted by atomic mass is 9.48. The third-order valence-electron chi connectivity index (χ3n) is 9.16. The van der Waals surface area contributed by atoms with Crippen molar-refractivity contribution >= 4 is 5.91 Å². The van der Waals surface area contributed by atoms with Crippen molar-refractivity contribution in [1.29, 1.82) is 0 Å². The maximum Gasteiger partial charge on any atom is 0.270 e. The van der Waals surface area contributed by atoms with Crippen molar-refractivity contribution in [3.8, 4) is 5.75 Å². The summed E-state index contributed by atoms with van der Waals surface area (Å²) in [5.74, 6) is 0.990. The average Bonchev–Trinajstić information content (AvgIpc) is 3.19. The summed E-state index contributed by atoms with van der Waals surface area (Å²) >= 11 is 0. The van der Waals surface area contributed by atoms with E-state index in [1.54, 1.807) is 18.2 Å². The molecule has 2 aliphatic carbocycles. The zero-order chi connectivity index (χ0) is 21.5. The summed E-state index contributed by atoms with van der Waals surface area (Å²) < 4.78 is 0. The highest BCUT2D eigenvalue weighted by Gasteiger charge is 2.71. The number of piperidine rings is 1. The minimum absolute atomic E-state index is 0.0571. The molecule has 3 fully saturated rings. The van der Waals surface area contributed by atoms with Crippen molar-refractivity contribution in [2.75, 3.05) is 13.1 Å². The van der Waals surface area contributed by atoms with Gasteiger partial charge in [-0.2, -0.15) is 0 Å². The van der Waals surface area contributed by atoms with Gasteiger partial charge in [0.15, 0.2) is 0 Å². The minimum atomic E-state index is -0.248. The molecule has 2 bridgehead atoms. The van der Waals surface area contributed by atoms with E-state index < -0.39 is 0 Å². The lowest BCUT2D eigenvalue weighted by Gasteiger charge is -2.60. The number of aromatic amines is 1. The van der Waals surface area contributed by atoms with Gasteiger partial charge in [-0.3, -0.25) is 9.59 Å².